The van der Waals surface area contributed by atoms with Crippen LogP contribution in [0, 0.1) is 11.3 Å². The van der Waals surface area contributed by atoms with Gasteiger partial charge in [0, 0.05) is 24.0 Å². The number of halogens is 1. The minimum atomic E-state index is 0.0398. The van der Waals surface area contributed by atoms with Crippen molar-refractivity contribution in [2.24, 2.45) is 0 Å². The van der Waals surface area contributed by atoms with Crippen LogP contribution in [0.3, 0.4) is 0 Å². The van der Waals surface area contributed by atoms with Crippen molar-refractivity contribution in [3.05, 3.63) is 53.3 Å². The molecule has 0 spiro atoms. The topological polar surface area (TPSA) is 57.9 Å². The Morgan fingerprint density at radius 1 is 1.32 bits per heavy atom. The van der Waals surface area contributed by atoms with E-state index in [1.165, 1.54) is 0 Å². The van der Waals surface area contributed by atoms with Crippen LogP contribution in [0.15, 0.2) is 42.6 Å². The van der Waals surface area contributed by atoms with Crippen molar-refractivity contribution in [3.63, 3.8) is 0 Å². The molecule has 1 heterocycles. The minimum absolute atomic E-state index is 0.0398. The maximum atomic E-state index is 8.54. The van der Waals surface area contributed by atoms with Crippen molar-refractivity contribution in [3.8, 4) is 11.8 Å². The fourth-order valence-corrected chi connectivity index (χ4v) is 1.78. The molecule has 19 heavy (non-hydrogen) atoms. The number of rotatable bonds is 5. The Morgan fingerprint density at radius 3 is 2.95 bits per heavy atom. The van der Waals surface area contributed by atoms with Crippen molar-refractivity contribution in [1.82, 2.24) is 4.98 Å². The van der Waals surface area contributed by atoms with Crippen LogP contribution in [0.5, 0.6) is 5.75 Å². The molecule has 0 aliphatic carbocycles. The van der Waals surface area contributed by atoms with Gasteiger partial charge in [0.1, 0.15) is 17.0 Å². The summed E-state index contributed by atoms with van der Waals surface area (Å²) < 4.78 is 5.36. The first kappa shape index (κ1) is 13.2. The molecule has 0 amide bonds. The van der Waals surface area contributed by atoms with Gasteiger partial charge in [0.2, 0.25) is 0 Å². The Balaban J connectivity index is 2.05. The molecule has 4 nitrogen and oxygen atoms in total. The van der Waals surface area contributed by atoms with Gasteiger partial charge in [-0.3, -0.25) is 0 Å². The molecule has 1 N–H and O–H groups in total. The molecule has 0 saturated carbocycles. The summed E-state index contributed by atoms with van der Waals surface area (Å²) in [5.41, 5.74) is 1.86. The van der Waals surface area contributed by atoms with Gasteiger partial charge < -0.3 is 10.1 Å². The number of hydrogen-bond donors (Lipinski definition) is 1. The van der Waals surface area contributed by atoms with Gasteiger partial charge >= 0.3 is 0 Å². The summed E-state index contributed by atoms with van der Waals surface area (Å²) in [6.07, 6.45) is 1.64. The summed E-state index contributed by atoms with van der Waals surface area (Å²) in [6.45, 7) is 0.625. The van der Waals surface area contributed by atoms with Gasteiger partial charge in [-0.15, -0.1) is 0 Å². The highest BCUT2D eigenvalue weighted by molar-refractivity contribution is 6.29. The van der Waals surface area contributed by atoms with Crippen molar-refractivity contribution in [2.75, 3.05) is 11.9 Å². The third-order valence-corrected chi connectivity index (χ3v) is 2.68. The molecular weight excluding hydrogens is 262 g/mol. The van der Waals surface area contributed by atoms with E-state index in [9.17, 15) is 0 Å². The van der Waals surface area contributed by atoms with Gasteiger partial charge in [0.15, 0.2) is 6.61 Å². The SMILES string of the molecule is N#CCOc1ccccc1CNc1ccnc(Cl)c1. The normalized spacial score (nSPS) is 9.68. The van der Waals surface area contributed by atoms with Crippen LogP contribution < -0.4 is 10.1 Å². The number of hydrogen-bond acceptors (Lipinski definition) is 4. The number of nitrogens with zero attached hydrogens (tertiary/aromatic N) is 2. The molecule has 0 unspecified atom stereocenters. The standard InChI is InChI=1S/C14H12ClN3O/c15-14-9-12(5-7-17-14)18-10-11-3-1-2-4-13(11)19-8-6-16/h1-5,7,9H,8,10H2,(H,17,18). The molecule has 2 rings (SSSR count). The molecular formula is C14H12ClN3O. The summed E-state index contributed by atoms with van der Waals surface area (Å²) in [6, 6.07) is 13.1. The van der Waals surface area contributed by atoms with Crippen molar-refractivity contribution >= 4 is 17.3 Å². The first-order valence-corrected chi connectivity index (χ1v) is 6.10. The fourth-order valence-electron chi connectivity index (χ4n) is 1.61. The molecule has 2 aromatic rings. The van der Waals surface area contributed by atoms with E-state index in [0.717, 1.165) is 11.3 Å². The molecule has 0 fully saturated rings. The Bertz CT molecular complexity index is 595. The first-order valence-electron chi connectivity index (χ1n) is 5.72. The van der Waals surface area contributed by atoms with E-state index in [2.05, 4.69) is 10.3 Å². The van der Waals surface area contributed by atoms with Crippen molar-refractivity contribution in [2.45, 2.75) is 6.54 Å². The van der Waals surface area contributed by atoms with Crippen molar-refractivity contribution in [1.29, 1.82) is 5.26 Å². The number of ether oxygens (including phenoxy) is 1. The zero-order valence-corrected chi connectivity index (χ0v) is 10.9. The Morgan fingerprint density at radius 2 is 2.16 bits per heavy atom. The molecule has 0 aliphatic heterocycles. The molecule has 0 atom stereocenters. The highest BCUT2D eigenvalue weighted by atomic mass is 35.5. The van der Waals surface area contributed by atoms with E-state index >= 15 is 0 Å². The lowest BCUT2D eigenvalue weighted by atomic mass is 10.2. The zero-order chi connectivity index (χ0) is 13.5. The summed E-state index contributed by atoms with van der Waals surface area (Å²) in [4.78, 5) is 3.92. The molecule has 1 aromatic heterocycles. The second-order valence-corrected chi connectivity index (χ2v) is 4.16. The number of para-hydroxylation sites is 1. The molecule has 96 valence electrons. The second-order valence-electron chi connectivity index (χ2n) is 3.78. The number of anilines is 1. The van der Waals surface area contributed by atoms with E-state index < -0.39 is 0 Å². The maximum absolute atomic E-state index is 8.54. The van der Waals surface area contributed by atoms with E-state index in [0.29, 0.717) is 17.4 Å². The van der Waals surface area contributed by atoms with Gasteiger partial charge in [-0.05, 0) is 18.2 Å². The van der Waals surface area contributed by atoms with E-state index in [4.69, 9.17) is 21.6 Å². The lowest BCUT2D eigenvalue weighted by Crippen LogP contribution is -2.03. The Labute approximate surface area is 116 Å². The molecule has 0 aliphatic rings. The van der Waals surface area contributed by atoms with Crippen LogP contribution >= 0.6 is 11.6 Å². The summed E-state index contributed by atoms with van der Waals surface area (Å²) in [7, 11) is 0. The number of nitrogens with one attached hydrogen (secondary N) is 1. The van der Waals surface area contributed by atoms with Gasteiger partial charge in [-0.25, -0.2) is 4.98 Å². The third-order valence-electron chi connectivity index (χ3n) is 2.47. The molecule has 0 saturated heterocycles. The number of nitriles is 1. The molecule has 5 heteroatoms. The number of aromatic nitrogens is 1. The average molecular weight is 274 g/mol. The van der Waals surface area contributed by atoms with Crippen LogP contribution in [0.4, 0.5) is 5.69 Å². The molecule has 0 bridgehead atoms. The third kappa shape index (κ3) is 3.87. The minimum Gasteiger partial charge on any atom is -0.478 e. The predicted molar refractivity (Wildman–Crippen MR) is 74.1 cm³/mol. The van der Waals surface area contributed by atoms with Crippen LogP contribution in [0.2, 0.25) is 5.15 Å². The average Bonchev–Trinajstić information content (AvgIpc) is 2.44. The predicted octanol–water partition coefficient (Wildman–Crippen LogP) is 3.25. The van der Waals surface area contributed by atoms with E-state index in [1.807, 2.05) is 36.4 Å². The Hall–Kier alpha value is -2.25. The number of benzene rings is 1. The van der Waals surface area contributed by atoms with Crippen LogP contribution in [-0.4, -0.2) is 11.6 Å². The summed E-state index contributed by atoms with van der Waals surface area (Å²) in [5.74, 6) is 0.705. The fraction of sp³-hybridized carbons (Fsp3) is 0.143. The largest absolute Gasteiger partial charge is 0.478 e. The second kappa shape index (κ2) is 6.62. The van der Waals surface area contributed by atoms with Crippen LogP contribution in [0.25, 0.3) is 0 Å². The van der Waals surface area contributed by atoms with Gasteiger partial charge in [0.05, 0.1) is 0 Å². The maximum Gasteiger partial charge on any atom is 0.174 e. The molecule has 0 radical (unpaired) electrons. The summed E-state index contributed by atoms with van der Waals surface area (Å²) >= 11 is 5.81. The quantitative estimate of drug-likeness (QED) is 0.850. The van der Waals surface area contributed by atoms with Gasteiger partial charge in [-0.1, -0.05) is 29.8 Å². The highest BCUT2D eigenvalue weighted by Crippen LogP contribution is 2.20. The molecule has 1 aromatic carbocycles. The van der Waals surface area contributed by atoms with Gasteiger partial charge in [0.25, 0.3) is 0 Å². The van der Waals surface area contributed by atoms with Crippen molar-refractivity contribution < 1.29 is 4.74 Å². The van der Waals surface area contributed by atoms with Crippen LogP contribution in [0.1, 0.15) is 5.56 Å². The Kier molecular flexibility index (Phi) is 4.60. The monoisotopic (exact) mass is 273 g/mol. The summed E-state index contributed by atoms with van der Waals surface area (Å²) in [5, 5.41) is 12.2. The van der Waals surface area contributed by atoms with Crippen LogP contribution in [-0.2, 0) is 6.54 Å². The van der Waals surface area contributed by atoms with E-state index in [-0.39, 0.29) is 6.61 Å². The smallest absolute Gasteiger partial charge is 0.174 e. The lowest BCUT2D eigenvalue weighted by Gasteiger charge is -2.11. The van der Waals surface area contributed by atoms with Gasteiger partial charge in [-0.2, -0.15) is 5.26 Å². The lowest BCUT2D eigenvalue weighted by molar-refractivity contribution is 0.364. The first-order chi connectivity index (χ1) is 9.29. The highest BCUT2D eigenvalue weighted by Gasteiger charge is 2.03. The number of pyridine rings is 1. The zero-order valence-electron chi connectivity index (χ0n) is 10.1. The van der Waals surface area contributed by atoms with E-state index in [1.54, 1.807) is 12.3 Å².